The highest BCUT2D eigenvalue weighted by Crippen LogP contribution is 2.28. The van der Waals surface area contributed by atoms with Crippen molar-refractivity contribution < 1.29 is 18.3 Å². The standard InChI is InChI=1S/C10H19NO4S/c1-3-16(14,15)11(2)9-6-4-8(5-7-9)10(12)13/h8-9H,3-7H2,1-2H3,(H,12,13). The molecule has 1 fully saturated rings. The fourth-order valence-electron chi connectivity index (χ4n) is 2.12. The largest absolute Gasteiger partial charge is 0.481 e. The summed E-state index contributed by atoms with van der Waals surface area (Å²) in [4.78, 5) is 10.8. The first-order valence-electron chi connectivity index (χ1n) is 5.57. The van der Waals surface area contributed by atoms with Gasteiger partial charge in [-0.05, 0) is 32.6 Å². The van der Waals surface area contributed by atoms with E-state index in [9.17, 15) is 13.2 Å². The third-order valence-corrected chi connectivity index (χ3v) is 5.27. The highest BCUT2D eigenvalue weighted by Gasteiger charge is 2.31. The van der Waals surface area contributed by atoms with Crippen molar-refractivity contribution in [2.45, 2.75) is 38.6 Å². The van der Waals surface area contributed by atoms with Crippen LogP contribution >= 0.6 is 0 Å². The van der Waals surface area contributed by atoms with Crippen molar-refractivity contribution in [1.82, 2.24) is 4.31 Å². The van der Waals surface area contributed by atoms with Gasteiger partial charge in [0.2, 0.25) is 10.0 Å². The topological polar surface area (TPSA) is 74.7 Å². The number of hydrogen-bond donors (Lipinski definition) is 1. The SMILES string of the molecule is CCS(=O)(=O)N(C)C1CCC(C(=O)O)CC1. The van der Waals surface area contributed by atoms with Crippen LogP contribution in [0.15, 0.2) is 0 Å². The molecule has 0 bridgehead atoms. The first-order chi connectivity index (χ1) is 7.38. The molecule has 1 aliphatic carbocycles. The first-order valence-corrected chi connectivity index (χ1v) is 7.18. The van der Waals surface area contributed by atoms with Crippen LogP contribution in [0.2, 0.25) is 0 Å². The normalized spacial score (nSPS) is 26.9. The van der Waals surface area contributed by atoms with Gasteiger partial charge in [0, 0.05) is 13.1 Å². The number of rotatable bonds is 4. The monoisotopic (exact) mass is 249 g/mol. The minimum absolute atomic E-state index is 0.0273. The number of sulfonamides is 1. The molecule has 0 unspecified atom stereocenters. The third kappa shape index (κ3) is 2.95. The van der Waals surface area contributed by atoms with Gasteiger partial charge >= 0.3 is 5.97 Å². The smallest absolute Gasteiger partial charge is 0.306 e. The predicted octanol–water partition coefficient (Wildman–Crippen LogP) is 0.911. The Labute approximate surface area is 96.5 Å². The fourth-order valence-corrected chi connectivity index (χ4v) is 3.19. The Hall–Kier alpha value is -0.620. The number of hydrogen-bond acceptors (Lipinski definition) is 3. The average molecular weight is 249 g/mol. The van der Waals surface area contributed by atoms with Crippen molar-refractivity contribution in [3.8, 4) is 0 Å². The summed E-state index contributed by atoms with van der Waals surface area (Å²) in [7, 11) is -1.56. The second-order valence-electron chi connectivity index (χ2n) is 4.26. The van der Waals surface area contributed by atoms with E-state index in [0.29, 0.717) is 25.7 Å². The van der Waals surface area contributed by atoms with Crippen LogP contribution < -0.4 is 0 Å². The van der Waals surface area contributed by atoms with Crippen LogP contribution in [0.5, 0.6) is 0 Å². The summed E-state index contributed by atoms with van der Waals surface area (Å²) in [6.07, 6.45) is 2.44. The molecule has 1 aliphatic rings. The molecule has 0 amide bonds. The Morgan fingerprint density at radius 2 is 1.81 bits per heavy atom. The van der Waals surface area contributed by atoms with Crippen molar-refractivity contribution in [1.29, 1.82) is 0 Å². The lowest BCUT2D eigenvalue weighted by molar-refractivity contribution is -0.143. The number of carboxylic acids is 1. The zero-order valence-electron chi connectivity index (χ0n) is 9.72. The molecule has 0 saturated heterocycles. The molecular weight excluding hydrogens is 230 g/mol. The molecule has 0 aliphatic heterocycles. The maximum absolute atomic E-state index is 11.6. The van der Waals surface area contributed by atoms with Gasteiger partial charge in [-0.3, -0.25) is 4.79 Å². The molecule has 0 aromatic heterocycles. The summed E-state index contributed by atoms with van der Waals surface area (Å²) in [6.45, 7) is 1.62. The minimum Gasteiger partial charge on any atom is -0.481 e. The highest BCUT2D eigenvalue weighted by atomic mass is 32.2. The number of carbonyl (C=O) groups is 1. The van der Waals surface area contributed by atoms with Gasteiger partial charge in [0.25, 0.3) is 0 Å². The lowest BCUT2D eigenvalue weighted by Gasteiger charge is -2.32. The molecule has 0 aromatic carbocycles. The lowest BCUT2D eigenvalue weighted by atomic mass is 9.86. The van der Waals surface area contributed by atoms with Gasteiger partial charge in [-0.25, -0.2) is 12.7 Å². The molecule has 1 saturated carbocycles. The molecule has 94 valence electrons. The number of nitrogens with zero attached hydrogens (tertiary/aromatic N) is 1. The number of aliphatic carboxylic acids is 1. The molecule has 0 radical (unpaired) electrons. The van der Waals surface area contributed by atoms with Gasteiger partial charge in [0.1, 0.15) is 0 Å². The van der Waals surface area contributed by atoms with Crippen LogP contribution in [-0.4, -0.2) is 42.6 Å². The summed E-state index contributed by atoms with van der Waals surface area (Å²) in [5.41, 5.74) is 0. The Bertz CT molecular complexity index is 344. The highest BCUT2D eigenvalue weighted by molar-refractivity contribution is 7.89. The van der Waals surface area contributed by atoms with Gasteiger partial charge in [0.15, 0.2) is 0 Å². The van der Waals surface area contributed by atoms with E-state index < -0.39 is 16.0 Å². The Kier molecular flexibility index (Phi) is 4.32. The molecule has 0 aromatic rings. The quantitative estimate of drug-likeness (QED) is 0.803. The van der Waals surface area contributed by atoms with Gasteiger partial charge in [-0.1, -0.05) is 0 Å². The van der Waals surface area contributed by atoms with Crippen LogP contribution in [0.4, 0.5) is 0 Å². The van der Waals surface area contributed by atoms with Crippen molar-refractivity contribution >= 4 is 16.0 Å². The van der Waals surface area contributed by atoms with E-state index in [0.717, 1.165) is 0 Å². The second-order valence-corrected chi connectivity index (χ2v) is 6.58. The molecule has 0 heterocycles. The molecule has 1 N–H and O–H groups in total. The van der Waals surface area contributed by atoms with Gasteiger partial charge in [-0.15, -0.1) is 0 Å². The Morgan fingerprint density at radius 3 is 2.19 bits per heavy atom. The predicted molar refractivity (Wildman–Crippen MR) is 60.6 cm³/mol. The molecule has 0 spiro atoms. The third-order valence-electron chi connectivity index (χ3n) is 3.36. The maximum Gasteiger partial charge on any atom is 0.306 e. The Balaban J connectivity index is 2.57. The van der Waals surface area contributed by atoms with E-state index in [1.165, 1.54) is 4.31 Å². The molecule has 6 heteroatoms. The van der Waals surface area contributed by atoms with Crippen LogP contribution in [-0.2, 0) is 14.8 Å². The van der Waals surface area contributed by atoms with Gasteiger partial charge < -0.3 is 5.11 Å². The second kappa shape index (κ2) is 5.14. The zero-order valence-corrected chi connectivity index (χ0v) is 10.5. The molecule has 0 atom stereocenters. The van der Waals surface area contributed by atoms with Crippen LogP contribution in [0.25, 0.3) is 0 Å². The van der Waals surface area contributed by atoms with Crippen LogP contribution in [0, 0.1) is 5.92 Å². The molecule has 16 heavy (non-hydrogen) atoms. The van der Waals surface area contributed by atoms with E-state index in [-0.39, 0.29) is 17.7 Å². The van der Waals surface area contributed by atoms with E-state index in [4.69, 9.17) is 5.11 Å². The molecular formula is C10H19NO4S. The lowest BCUT2D eigenvalue weighted by Crippen LogP contribution is -2.41. The van der Waals surface area contributed by atoms with E-state index >= 15 is 0 Å². The molecule has 5 nitrogen and oxygen atoms in total. The summed E-state index contributed by atoms with van der Waals surface area (Å²) < 4.78 is 24.7. The van der Waals surface area contributed by atoms with Crippen LogP contribution in [0.1, 0.15) is 32.6 Å². The number of carboxylic acid groups (broad SMARTS) is 1. The first kappa shape index (κ1) is 13.4. The van der Waals surface area contributed by atoms with Gasteiger partial charge in [0.05, 0.1) is 11.7 Å². The van der Waals surface area contributed by atoms with E-state index in [1.54, 1.807) is 14.0 Å². The summed E-state index contributed by atoms with van der Waals surface area (Å²) in [5.74, 6) is -0.962. The summed E-state index contributed by atoms with van der Waals surface area (Å²) in [6, 6.07) is -0.0273. The van der Waals surface area contributed by atoms with Gasteiger partial charge in [-0.2, -0.15) is 0 Å². The summed E-state index contributed by atoms with van der Waals surface area (Å²) >= 11 is 0. The van der Waals surface area contributed by atoms with E-state index in [1.807, 2.05) is 0 Å². The van der Waals surface area contributed by atoms with Crippen molar-refractivity contribution in [3.05, 3.63) is 0 Å². The van der Waals surface area contributed by atoms with Crippen molar-refractivity contribution in [2.24, 2.45) is 5.92 Å². The van der Waals surface area contributed by atoms with Crippen LogP contribution in [0.3, 0.4) is 0 Å². The minimum atomic E-state index is -3.15. The fraction of sp³-hybridized carbons (Fsp3) is 0.900. The average Bonchev–Trinajstić information content (AvgIpc) is 2.28. The summed E-state index contributed by atoms with van der Waals surface area (Å²) in [5, 5.41) is 8.84. The van der Waals surface area contributed by atoms with Crippen molar-refractivity contribution in [2.75, 3.05) is 12.8 Å². The Morgan fingerprint density at radius 1 is 1.31 bits per heavy atom. The molecule has 1 rings (SSSR count). The van der Waals surface area contributed by atoms with E-state index in [2.05, 4.69) is 0 Å². The maximum atomic E-state index is 11.6. The van der Waals surface area contributed by atoms with Crippen molar-refractivity contribution in [3.63, 3.8) is 0 Å². The zero-order chi connectivity index (χ0) is 12.3.